The van der Waals surface area contributed by atoms with Gasteiger partial charge in [-0.05, 0) is 43.8 Å². The zero-order valence-corrected chi connectivity index (χ0v) is 16.3. The van der Waals surface area contributed by atoms with E-state index in [1.165, 1.54) is 0 Å². The molecule has 0 saturated carbocycles. The van der Waals surface area contributed by atoms with E-state index in [0.717, 1.165) is 62.0 Å². The predicted octanol–water partition coefficient (Wildman–Crippen LogP) is 2.44. The summed E-state index contributed by atoms with van der Waals surface area (Å²) in [6, 6.07) is 6.07. The summed E-state index contributed by atoms with van der Waals surface area (Å²) in [6.07, 6.45) is 3.96. The van der Waals surface area contributed by atoms with Gasteiger partial charge in [-0.3, -0.25) is 14.9 Å². The van der Waals surface area contributed by atoms with Crippen molar-refractivity contribution in [2.45, 2.75) is 18.9 Å². The van der Waals surface area contributed by atoms with Crippen LogP contribution in [0.5, 0.6) is 0 Å². The van der Waals surface area contributed by atoms with E-state index in [4.69, 9.17) is 11.6 Å². The van der Waals surface area contributed by atoms with Crippen molar-refractivity contribution in [1.29, 1.82) is 0 Å². The number of thioether (sulfide) groups is 1. The lowest BCUT2D eigenvalue weighted by atomic mass is 10.0. The Kier molecular flexibility index (Phi) is 6.58. The van der Waals surface area contributed by atoms with Crippen LogP contribution in [-0.4, -0.2) is 50.4 Å². The van der Waals surface area contributed by atoms with Crippen LogP contribution >= 0.6 is 23.4 Å². The van der Waals surface area contributed by atoms with E-state index in [1.54, 1.807) is 6.08 Å². The average Bonchev–Trinajstić information content (AvgIpc) is 2.93. The van der Waals surface area contributed by atoms with E-state index in [9.17, 15) is 9.59 Å². The largest absolute Gasteiger partial charge is 0.368 e. The summed E-state index contributed by atoms with van der Waals surface area (Å²) in [4.78, 5) is 26.0. The third-order valence-electron chi connectivity index (χ3n) is 4.49. The number of carbonyl (C=O) groups excluding carboxylic acids is 2. The van der Waals surface area contributed by atoms with Gasteiger partial charge in [0.15, 0.2) is 0 Å². The molecule has 3 N–H and O–H groups in total. The minimum Gasteiger partial charge on any atom is -0.368 e. The zero-order chi connectivity index (χ0) is 18.5. The number of halogens is 1. The van der Waals surface area contributed by atoms with E-state index in [2.05, 4.69) is 20.9 Å². The molecule has 0 aromatic heterocycles. The third kappa shape index (κ3) is 4.59. The number of anilines is 1. The topological polar surface area (TPSA) is 73.5 Å². The summed E-state index contributed by atoms with van der Waals surface area (Å²) in [5.74, 6) is -0.351. The molecule has 3 rings (SSSR count). The van der Waals surface area contributed by atoms with Crippen LogP contribution in [0.1, 0.15) is 18.4 Å². The number of rotatable bonds is 6. The quantitative estimate of drug-likeness (QED) is 0.508. The second-order valence-corrected chi connectivity index (χ2v) is 7.79. The summed E-state index contributed by atoms with van der Waals surface area (Å²) in [5, 5.41) is 9.33. The Balaban J connectivity index is 1.82. The lowest BCUT2D eigenvalue weighted by molar-refractivity contribution is -0.115. The second kappa shape index (κ2) is 8.90. The van der Waals surface area contributed by atoms with Crippen LogP contribution in [0.25, 0.3) is 6.08 Å². The lowest BCUT2D eigenvalue weighted by Gasteiger charge is -2.36. The molecule has 2 heterocycles. The molecule has 6 nitrogen and oxygen atoms in total. The van der Waals surface area contributed by atoms with E-state index in [-0.39, 0.29) is 11.1 Å². The molecular formula is C18H23ClN4O2S. The summed E-state index contributed by atoms with van der Waals surface area (Å²) in [6.45, 7) is 3.64. The first-order valence-corrected chi connectivity index (χ1v) is 9.94. The number of carbonyl (C=O) groups is 2. The maximum absolute atomic E-state index is 11.9. The summed E-state index contributed by atoms with van der Waals surface area (Å²) >= 11 is 7.44. The Labute approximate surface area is 162 Å². The number of likely N-dealkylation sites (N-methyl/N-ethyl adjacent to an activating group) is 1. The minimum atomic E-state index is -0.351. The van der Waals surface area contributed by atoms with Crippen LogP contribution in [0, 0.1) is 0 Å². The predicted molar refractivity (Wildman–Crippen MR) is 108 cm³/mol. The fourth-order valence-corrected chi connectivity index (χ4v) is 4.27. The van der Waals surface area contributed by atoms with Gasteiger partial charge in [0.2, 0.25) is 0 Å². The van der Waals surface area contributed by atoms with Gasteiger partial charge in [0.25, 0.3) is 11.1 Å². The molecule has 26 heavy (non-hydrogen) atoms. The average molecular weight is 395 g/mol. The van der Waals surface area contributed by atoms with Crippen LogP contribution in [-0.2, 0) is 4.79 Å². The number of para-hydroxylation sites is 1. The Hall–Kier alpha value is -1.54. The van der Waals surface area contributed by atoms with Crippen molar-refractivity contribution in [2.24, 2.45) is 0 Å². The third-order valence-corrected chi connectivity index (χ3v) is 5.61. The van der Waals surface area contributed by atoms with Crippen molar-refractivity contribution >= 4 is 46.3 Å². The van der Waals surface area contributed by atoms with Gasteiger partial charge in [0.05, 0.1) is 15.6 Å². The molecule has 1 aromatic rings. The Bertz CT molecular complexity index is 725. The first-order chi connectivity index (χ1) is 12.6. The van der Waals surface area contributed by atoms with Crippen LogP contribution in [0.3, 0.4) is 0 Å². The highest BCUT2D eigenvalue weighted by atomic mass is 35.5. The first-order valence-electron chi connectivity index (χ1n) is 8.75. The standard InChI is InChI=1S/C18H23ClN4O2S/c1-20-7-8-21-13-5-3-9-23(11-13)16-12(4-2-6-14(16)19)10-15-17(24)22-18(25)26-15/h2,4,6,10,13,20-21H,3,5,7-9,11H2,1H3,(H,22,24,25)/b15-10+. The van der Waals surface area contributed by atoms with Gasteiger partial charge in [-0.2, -0.15) is 0 Å². The first kappa shape index (κ1) is 19.2. The van der Waals surface area contributed by atoms with Gasteiger partial charge >= 0.3 is 0 Å². The Morgan fingerprint density at radius 3 is 2.96 bits per heavy atom. The van der Waals surface area contributed by atoms with Gasteiger partial charge in [-0.15, -0.1) is 0 Å². The van der Waals surface area contributed by atoms with Crippen molar-refractivity contribution < 1.29 is 9.59 Å². The van der Waals surface area contributed by atoms with E-state index >= 15 is 0 Å². The molecule has 2 fully saturated rings. The van der Waals surface area contributed by atoms with Crippen LogP contribution in [0.4, 0.5) is 10.5 Å². The van der Waals surface area contributed by atoms with Gasteiger partial charge in [0, 0.05) is 37.8 Å². The van der Waals surface area contributed by atoms with E-state index in [1.807, 2.05) is 25.2 Å². The normalized spacial score (nSPS) is 22.2. The number of hydrogen-bond acceptors (Lipinski definition) is 6. The SMILES string of the molecule is CNCCNC1CCCN(c2c(Cl)cccc2/C=C2/SC(=O)NC2=O)C1. The van der Waals surface area contributed by atoms with Crippen molar-refractivity contribution in [1.82, 2.24) is 16.0 Å². The highest BCUT2D eigenvalue weighted by Crippen LogP contribution is 2.35. The molecule has 2 aliphatic rings. The maximum Gasteiger partial charge on any atom is 0.290 e. The number of piperidine rings is 1. The highest BCUT2D eigenvalue weighted by molar-refractivity contribution is 8.18. The van der Waals surface area contributed by atoms with Gasteiger partial charge in [-0.25, -0.2) is 0 Å². The van der Waals surface area contributed by atoms with Crippen molar-refractivity contribution in [3.05, 3.63) is 33.7 Å². The molecule has 2 amide bonds. The molecule has 8 heteroatoms. The van der Waals surface area contributed by atoms with Crippen molar-refractivity contribution in [2.75, 3.05) is 38.1 Å². The molecule has 1 aromatic carbocycles. The fourth-order valence-electron chi connectivity index (χ4n) is 3.29. The molecule has 1 atom stereocenters. The second-order valence-electron chi connectivity index (χ2n) is 6.37. The summed E-state index contributed by atoms with van der Waals surface area (Å²) < 4.78 is 0. The molecule has 2 saturated heterocycles. The lowest BCUT2D eigenvalue weighted by Crippen LogP contribution is -2.47. The molecule has 0 aliphatic carbocycles. The molecule has 2 aliphatic heterocycles. The number of nitrogens with one attached hydrogen (secondary N) is 3. The smallest absolute Gasteiger partial charge is 0.290 e. The number of hydrogen-bond donors (Lipinski definition) is 3. The number of imide groups is 1. The van der Waals surface area contributed by atoms with Gasteiger partial charge in [-0.1, -0.05) is 23.7 Å². The van der Waals surface area contributed by atoms with E-state index in [0.29, 0.717) is 16.0 Å². The monoisotopic (exact) mass is 394 g/mol. The summed E-state index contributed by atoms with van der Waals surface area (Å²) in [7, 11) is 1.94. The minimum absolute atomic E-state index is 0.336. The van der Waals surface area contributed by atoms with Gasteiger partial charge in [0.1, 0.15) is 0 Å². The molecule has 1 unspecified atom stereocenters. The van der Waals surface area contributed by atoms with Crippen molar-refractivity contribution in [3.63, 3.8) is 0 Å². The molecule has 0 radical (unpaired) electrons. The molecular weight excluding hydrogens is 372 g/mol. The van der Waals surface area contributed by atoms with Crippen LogP contribution < -0.4 is 20.9 Å². The Morgan fingerprint density at radius 1 is 1.38 bits per heavy atom. The van der Waals surface area contributed by atoms with Crippen LogP contribution in [0.15, 0.2) is 23.1 Å². The molecule has 0 bridgehead atoms. The van der Waals surface area contributed by atoms with E-state index < -0.39 is 0 Å². The number of benzene rings is 1. The zero-order valence-electron chi connectivity index (χ0n) is 14.7. The van der Waals surface area contributed by atoms with Gasteiger partial charge < -0.3 is 15.5 Å². The number of amides is 2. The molecule has 140 valence electrons. The maximum atomic E-state index is 11.9. The number of nitrogens with zero attached hydrogens (tertiary/aromatic N) is 1. The molecule has 0 spiro atoms. The Morgan fingerprint density at radius 2 is 2.23 bits per heavy atom. The summed E-state index contributed by atoms with van der Waals surface area (Å²) in [5.41, 5.74) is 1.79. The van der Waals surface area contributed by atoms with Crippen LogP contribution in [0.2, 0.25) is 5.02 Å². The van der Waals surface area contributed by atoms with Crippen molar-refractivity contribution in [3.8, 4) is 0 Å². The highest BCUT2D eigenvalue weighted by Gasteiger charge is 2.27. The fraction of sp³-hybridized carbons (Fsp3) is 0.444.